The van der Waals surface area contributed by atoms with Crippen LogP contribution in [0.25, 0.3) is 0 Å². The van der Waals surface area contributed by atoms with Crippen LogP contribution in [0.5, 0.6) is 0 Å². The van der Waals surface area contributed by atoms with Gasteiger partial charge in [0.1, 0.15) is 23.0 Å². The minimum Gasteiger partial charge on any atom is -0.444 e. The number of carbonyl (C=O) groups is 8. The third-order valence-electron chi connectivity index (χ3n) is 6.97. The monoisotopic (exact) mass is 668 g/mol. The standard InChI is InChI=1S/C32H32N2O12S/c1-31(2,3)45-29(41)33-13-21(35)23-25(37)17-9-7-15(11-19(17)27(23)39)47(43,44)16-8-10-18-20(12-16)28(40)24(26(18)38)22(36)14-34-30(42)46-32(4,5)6/h7-12,23-24H,13-14H2,1-6H3,(H,33,41)(H,34,42). The fourth-order valence-corrected chi connectivity index (χ4v) is 6.26. The minimum absolute atomic E-state index is 0.180. The van der Waals surface area contributed by atoms with E-state index in [-0.39, 0.29) is 22.3 Å². The summed E-state index contributed by atoms with van der Waals surface area (Å²) in [6.45, 7) is 8.26. The molecule has 4 rings (SSSR count). The molecule has 15 heteroatoms. The lowest BCUT2D eigenvalue weighted by atomic mass is 9.98. The zero-order valence-corrected chi connectivity index (χ0v) is 27.2. The van der Waals surface area contributed by atoms with Crippen molar-refractivity contribution in [3.8, 4) is 0 Å². The molecule has 2 aliphatic carbocycles. The highest BCUT2D eigenvalue weighted by molar-refractivity contribution is 7.91. The molecule has 2 atom stereocenters. The topological polar surface area (TPSA) is 213 Å². The third-order valence-corrected chi connectivity index (χ3v) is 8.72. The maximum absolute atomic E-state index is 13.6. The summed E-state index contributed by atoms with van der Waals surface area (Å²) >= 11 is 0. The highest BCUT2D eigenvalue weighted by Gasteiger charge is 2.45. The molecule has 0 saturated heterocycles. The second kappa shape index (κ2) is 12.3. The summed E-state index contributed by atoms with van der Waals surface area (Å²) < 4.78 is 37.2. The molecule has 2 N–H and O–H groups in total. The highest BCUT2D eigenvalue weighted by atomic mass is 32.2. The number of ether oxygens (including phenoxy) is 2. The Morgan fingerprint density at radius 1 is 0.596 bits per heavy atom. The number of fused-ring (bicyclic) bond motifs is 2. The van der Waals surface area contributed by atoms with Crippen molar-refractivity contribution in [3.05, 3.63) is 58.7 Å². The smallest absolute Gasteiger partial charge is 0.408 e. The van der Waals surface area contributed by atoms with Crippen LogP contribution >= 0.6 is 0 Å². The fraction of sp³-hybridized carbons (Fsp3) is 0.375. The molecule has 0 fully saturated rings. The average molecular weight is 669 g/mol. The summed E-state index contributed by atoms with van der Waals surface area (Å²) in [6, 6.07) is 6.17. The first kappa shape index (κ1) is 34.8. The van der Waals surface area contributed by atoms with Crippen LogP contribution < -0.4 is 10.6 Å². The Hall–Kier alpha value is -5.05. The van der Waals surface area contributed by atoms with Crippen LogP contribution in [0.15, 0.2) is 46.2 Å². The molecule has 0 aromatic heterocycles. The van der Waals surface area contributed by atoms with Crippen molar-refractivity contribution in [2.24, 2.45) is 11.8 Å². The van der Waals surface area contributed by atoms with Crippen molar-refractivity contribution in [2.45, 2.75) is 62.5 Å². The summed E-state index contributed by atoms with van der Waals surface area (Å²) in [5.74, 6) is -9.03. The number of sulfone groups is 1. The molecule has 248 valence electrons. The van der Waals surface area contributed by atoms with Gasteiger partial charge in [-0.05, 0) is 77.9 Å². The highest BCUT2D eigenvalue weighted by Crippen LogP contribution is 2.34. The quantitative estimate of drug-likeness (QED) is 0.389. The van der Waals surface area contributed by atoms with Gasteiger partial charge in [0.05, 0.1) is 22.9 Å². The van der Waals surface area contributed by atoms with Gasteiger partial charge in [0.2, 0.25) is 9.84 Å². The van der Waals surface area contributed by atoms with Crippen molar-refractivity contribution in [1.82, 2.24) is 10.6 Å². The Labute approximate surface area is 269 Å². The second-order valence-corrected chi connectivity index (χ2v) is 14.8. The first-order valence-electron chi connectivity index (χ1n) is 14.3. The Morgan fingerprint density at radius 3 is 1.23 bits per heavy atom. The van der Waals surface area contributed by atoms with Gasteiger partial charge in [0, 0.05) is 22.3 Å². The molecule has 0 heterocycles. The SMILES string of the molecule is CC(C)(C)OC(=O)NCC(=O)C1C(=O)c2ccc(S(=O)(=O)c3ccc4c(c3)C(=O)C(C(=O)CNC(=O)OC(C)(C)C)C4=O)cc2C1=O. The number of rotatable bonds is 8. The molecule has 0 aliphatic heterocycles. The molecular formula is C32H32N2O12S. The van der Waals surface area contributed by atoms with Crippen LogP contribution in [0.3, 0.4) is 0 Å². The van der Waals surface area contributed by atoms with Gasteiger partial charge in [-0.2, -0.15) is 0 Å². The molecule has 2 aromatic carbocycles. The molecule has 2 aliphatic rings. The predicted octanol–water partition coefficient (Wildman–Crippen LogP) is 2.70. The third kappa shape index (κ3) is 7.19. The maximum Gasteiger partial charge on any atom is 0.408 e. The molecular weight excluding hydrogens is 636 g/mol. The summed E-state index contributed by atoms with van der Waals surface area (Å²) in [4.78, 5) is 100. The summed E-state index contributed by atoms with van der Waals surface area (Å²) in [7, 11) is -4.46. The normalized spacial score (nSPS) is 17.6. The fourth-order valence-electron chi connectivity index (χ4n) is 4.95. The van der Waals surface area contributed by atoms with Gasteiger partial charge in [0.15, 0.2) is 34.7 Å². The van der Waals surface area contributed by atoms with Gasteiger partial charge in [-0.3, -0.25) is 28.8 Å². The lowest BCUT2D eigenvalue weighted by molar-refractivity contribution is -0.120. The Bertz CT molecular complexity index is 1750. The van der Waals surface area contributed by atoms with Gasteiger partial charge < -0.3 is 20.1 Å². The Morgan fingerprint density at radius 2 is 0.915 bits per heavy atom. The number of hydrogen-bond acceptors (Lipinski definition) is 12. The number of carbonyl (C=O) groups excluding carboxylic acids is 8. The molecule has 0 bridgehead atoms. The van der Waals surface area contributed by atoms with Crippen molar-refractivity contribution >= 4 is 56.7 Å². The summed E-state index contributed by atoms with van der Waals surface area (Å²) in [5, 5.41) is 4.38. The van der Waals surface area contributed by atoms with E-state index in [0.717, 1.165) is 36.4 Å². The van der Waals surface area contributed by atoms with Crippen molar-refractivity contribution in [2.75, 3.05) is 13.1 Å². The Kier molecular flexibility index (Phi) is 9.10. The minimum atomic E-state index is -4.46. The van der Waals surface area contributed by atoms with Crippen molar-refractivity contribution in [1.29, 1.82) is 0 Å². The lowest BCUT2D eigenvalue weighted by Crippen LogP contribution is -2.39. The van der Waals surface area contributed by atoms with Gasteiger partial charge in [-0.25, -0.2) is 18.0 Å². The van der Waals surface area contributed by atoms with E-state index in [4.69, 9.17) is 9.47 Å². The van der Waals surface area contributed by atoms with E-state index < -0.39 is 103 Å². The van der Waals surface area contributed by atoms with Crippen LogP contribution in [0, 0.1) is 11.8 Å². The van der Waals surface area contributed by atoms with Crippen molar-refractivity contribution < 1.29 is 56.2 Å². The van der Waals surface area contributed by atoms with E-state index in [9.17, 15) is 46.8 Å². The number of nitrogens with one attached hydrogen (secondary N) is 2. The van der Waals surface area contributed by atoms with E-state index in [0.29, 0.717) is 0 Å². The van der Waals surface area contributed by atoms with E-state index in [1.807, 2.05) is 0 Å². The first-order chi connectivity index (χ1) is 21.6. The second-order valence-electron chi connectivity index (χ2n) is 12.9. The molecule has 2 amide bonds. The van der Waals surface area contributed by atoms with Crippen molar-refractivity contribution in [3.63, 3.8) is 0 Å². The van der Waals surface area contributed by atoms with Crippen LogP contribution in [0.4, 0.5) is 9.59 Å². The first-order valence-corrected chi connectivity index (χ1v) is 15.8. The van der Waals surface area contributed by atoms with Gasteiger partial charge in [-0.1, -0.05) is 0 Å². The molecule has 2 unspecified atom stereocenters. The number of benzene rings is 2. The molecule has 14 nitrogen and oxygen atoms in total. The number of hydrogen-bond donors (Lipinski definition) is 2. The summed E-state index contributed by atoms with van der Waals surface area (Å²) in [6.07, 6.45) is -1.87. The number of ketones is 6. The van der Waals surface area contributed by atoms with E-state index in [1.54, 1.807) is 41.5 Å². The zero-order valence-electron chi connectivity index (χ0n) is 26.3. The summed E-state index contributed by atoms with van der Waals surface area (Å²) in [5.41, 5.74) is -2.71. The average Bonchev–Trinajstić information content (AvgIpc) is 3.36. The maximum atomic E-state index is 13.6. The molecule has 2 aromatic rings. The van der Waals surface area contributed by atoms with Crippen LogP contribution in [-0.2, 0) is 28.9 Å². The largest absolute Gasteiger partial charge is 0.444 e. The number of Topliss-reactive ketones (excluding diaryl/α,β-unsaturated/α-hetero) is 6. The number of alkyl carbamates (subject to hydrolysis) is 2. The number of amides is 2. The van der Waals surface area contributed by atoms with Gasteiger partial charge >= 0.3 is 12.2 Å². The molecule has 0 radical (unpaired) electrons. The Balaban J connectivity index is 1.52. The van der Waals surface area contributed by atoms with E-state index in [2.05, 4.69) is 10.6 Å². The lowest BCUT2D eigenvalue weighted by Gasteiger charge is -2.19. The molecule has 0 saturated carbocycles. The molecule has 0 spiro atoms. The van der Waals surface area contributed by atoms with E-state index in [1.165, 1.54) is 0 Å². The van der Waals surface area contributed by atoms with Gasteiger partial charge in [0.25, 0.3) is 0 Å². The predicted molar refractivity (Wildman–Crippen MR) is 161 cm³/mol. The van der Waals surface area contributed by atoms with E-state index >= 15 is 0 Å². The van der Waals surface area contributed by atoms with Gasteiger partial charge in [-0.15, -0.1) is 0 Å². The van der Waals surface area contributed by atoms with Crippen LogP contribution in [0.1, 0.15) is 83.0 Å². The van der Waals surface area contributed by atoms with Crippen LogP contribution in [0.2, 0.25) is 0 Å². The van der Waals surface area contributed by atoms with Crippen LogP contribution in [-0.4, -0.2) is 79.6 Å². The zero-order chi connectivity index (χ0) is 35.2. The molecule has 47 heavy (non-hydrogen) atoms.